The van der Waals surface area contributed by atoms with E-state index in [2.05, 4.69) is 0 Å². The van der Waals surface area contributed by atoms with Gasteiger partial charge in [-0.05, 0) is 44.1 Å². The van der Waals surface area contributed by atoms with Crippen molar-refractivity contribution >= 4 is 31.8 Å². The molecule has 6 atom stereocenters. The van der Waals surface area contributed by atoms with Gasteiger partial charge in [0.2, 0.25) is 11.8 Å². The predicted octanol–water partition coefficient (Wildman–Crippen LogP) is 2.34. The Labute approximate surface area is 218 Å². The molecular weight excluding hydrogens is 496 g/mol. The summed E-state index contributed by atoms with van der Waals surface area (Å²) >= 11 is 0. The van der Waals surface area contributed by atoms with Gasteiger partial charge in [-0.2, -0.15) is 0 Å². The Morgan fingerprint density at radius 1 is 1.30 bits per heavy atom. The summed E-state index contributed by atoms with van der Waals surface area (Å²) in [6, 6.07) is 5.15. The average Bonchev–Trinajstić information content (AvgIpc) is 3.30. The highest BCUT2D eigenvalue weighted by atomic mass is 28.4. The van der Waals surface area contributed by atoms with Crippen molar-refractivity contribution < 1.29 is 38.5 Å². The summed E-state index contributed by atoms with van der Waals surface area (Å²) in [5.41, 5.74) is 0.948. The first-order valence-corrected chi connectivity index (χ1v) is 15.9. The Kier molecular flexibility index (Phi) is 7.98. The summed E-state index contributed by atoms with van der Waals surface area (Å²) in [7, 11) is -1.27. The van der Waals surface area contributed by atoms with Crippen molar-refractivity contribution in [3.05, 3.63) is 23.8 Å². The fourth-order valence-electron chi connectivity index (χ4n) is 5.93. The minimum absolute atomic E-state index is 0.0635. The van der Waals surface area contributed by atoms with Gasteiger partial charge in [0.05, 0.1) is 25.2 Å². The van der Waals surface area contributed by atoms with Gasteiger partial charge in [-0.15, -0.1) is 0 Å². The van der Waals surface area contributed by atoms with E-state index in [1.54, 1.807) is 24.1 Å². The fraction of sp³-hybridized carbons (Fsp3) is 0.654. The SMILES string of the molecule is CO[C@H]1c2cc(N3C(=O)CC3OC(C)=O)ccc2O[C@@H](C(CC(=O)N2CCC[C@H]2CO)[Si](C)(C)O)[C@@H]1C. The number of β-lactam (4-membered cyclic amide) rings is 1. The zero-order valence-electron chi connectivity index (χ0n) is 22.2. The molecule has 2 saturated heterocycles. The third-order valence-electron chi connectivity index (χ3n) is 7.91. The van der Waals surface area contributed by atoms with Crippen LogP contribution in [0.4, 0.5) is 5.69 Å². The van der Waals surface area contributed by atoms with E-state index in [0.717, 1.165) is 18.4 Å². The first kappa shape index (κ1) is 27.6. The highest BCUT2D eigenvalue weighted by Gasteiger charge is 2.48. The Bertz CT molecular complexity index is 1040. The second-order valence-corrected chi connectivity index (χ2v) is 14.9. The number of amides is 2. The van der Waals surface area contributed by atoms with E-state index in [1.165, 1.54) is 11.8 Å². The van der Waals surface area contributed by atoms with Crippen LogP contribution in [0.2, 0.25) is 18.6 Å². The molecule has 4 rings (SSSR count). The molecule has 1 aromatic rings. The van der Waals surface area contributed by atoms with Crippen LogP contribution in [0.5, 0.6) is 5.75 Å². The zero-order chi connectivity index (χ0) is 27.1. The highest BCUT2D eigenvalue weighted by Crippen LogP contribution is 2.48. The molecule has 3 aliphatic rings. The molecular formula is C26H38N2O8Si. The second-order valence-electron chi connectivity index (χ2n) is 10.9. The van der Waals surface area contributed by atoms with Crippen LogP contribution in [-0.4, -0.2) is 79.5 Å². The summed E-state index contributed by atoms with van der Waals surface area (Å²) in [4.78, 5) is 51.5. The van der Waals surface area contributed by atoms with E-state index in [9.17, 15) is 24.3 Å². The average molecular weight is 535 g/mol. The Balaban J connectivity index is 1.60. The van der Waals surface area contributed by atoms with Crippen molar-refractivity contribution in [1.29, 1.82) is 0 Å². The third-order valence-corrected chi connectivity index (χ3v) is 10.3. The normalized spacial score (nSPS) is 28.3. The van der Waals surface area contributed by atoms with Crippen LogP contribution in [0.3, 0.4) is 0 Å². The van der Waals surface area contributed by atoms with Gasteiger partial charge in [0.15, 0.2) is 14.5 Å². The van der Waals surface area contributed by atoms with Gasteiger partial charge in [0.1, 0.15) is 11.9 Å². The molecule has 0 spiro atoms. The molecule has 3 heterocycles. The van der Waals surface area contributed by atoms with Crippen LogP contribution in [-0.2, 0) is 23.9 Å². The number of methoxy groups -OCH3 is 1. The maximum atomic E-state index is 13.3. The van der Waals surface area contributed by atoms with Crippen LogP contribution >= 0.6 is 0 Å². The van der Waals surface area contributed by atoms with Crippen LogP contribution in [0.1, 0.15) is 51.2 Å². The number of ether oxygens (including phenoxy) is 3. The fourth-order valence-corrected chi connectivity index (χ4v) is 7.78. The molecule has 11 heteroatoms. The minimum atomic E-state index is -2.88. The topological polar surface area (TPSA) is 126 Å². The van der Waals surface area contributed by atoms with Crippen molar-refractivity contribution in [3.63, 3.8) is 0 Å². The number of carbonyl (C=O) groups is 3. The maximum absolute atomic E-state index is 13.3. The monoisotopic (exact) mass is 534 g/mol. The lowest BCUT2D eigenvalue weighted by atomic mass is 9.86. The van der Waals surface area contributed by atoms with E-state index in [4.69, 9.17) is 14.2 Å². The molecule has 2 unspecified atom stereocenters. The van der Waals surface area contributed by atoms with E-state index in [1.807, 2.05) is 26.1 Å². The van der Waals surface area contributed by atoms with E-state index in [0.29, 0.717) is 18.0 Å². The van der Waals surface area contributed by atoms with Gasteiger partial charge in [-0.3, -0.25) is 19.3 Å². The lowest BCUT2D eigenvalue weighted by Gasteiger charge is -2.44. The van der Waals surface area contributed by atoms with Gasteiger partial charge in [-0.25, -0.2) is 0 Å². The van der Waals surface area contributed by atoms with Crippen LogP contribution in [0.15, 0.2) is 18.2 Å². The van der Waals surface area contributed by atoms with E-state index >= 15 is 0 Å². The van der Waals surface area contributed by atoms with Crippen molar-refractivity contribution in [2.24, 2.45) is 5.92 Å². The molecule has 0 radical (unpaired) electrons. The molecule has 3 aliphatic heterocycles. The van der Waals surface area contributed by atoms with Gasteiger partial charge in [-0.1, -0.05) is 6.92 Å². The number of hydrogen-bond donors (Lipinski definition) is 2. The molecule has 10 nitrogen and oxygen atoms in total. The number of likely N-dealkylation sites (tertiary alicyclic amines) is 1. The van der Waals surface area contributed by atoms with Gasteiger partial charge < -0.3 is 29.0 Å². The molecule has 0 aromatic heterocycles. The van der Waals surface area contributed by atoms with Crippen molar-refractivity contribution in [3.8, 4) is 5.75 Å². The number of benzene rings is 1. The lowest BCUT2D eigenvalue weighted by Crippen LogP contribution is -2.55. The summed E-state index contributed by atoms with van der Waals surface area (Å²) in [6.45, 7) is 7.48. The quantitative estimate of drug-likeness (QED) is 0.296. The number of aliphatic hydroxyl groups is 1. The van der Waals surface area contributed by atoms with Crippen molar-refractivity contribution in [2.45, 2.75) is 82.6 Å². The first-order valence-electron chi connectivity index (χ1n) is 12.9. The van der Waals surface area contributed by atoms with E-state index in [-0.39, 0.29) is 43.2 Å². The number of nitrogens with zero attached hydrogens (tertiary/aromatic N) is 2. The molecule has 0 aliphatic carbocycles. The summed E-state index contributed by atoms with van der Waals surface area (Å²) in [5.74, 6) is -0.299. The zero-order valence-corrected chi connectivity index (χ0v) is 23.2. The summed E-state index contributed by atoms with van der Waals surface area (Å²) in [6.07, 6.45) is 0.414. The first-order chi connectivity index (χ1) is 17.5. The van der Waals surface area contributed by atoms with E-state index < -0.39 is 38.3 Å². The number of aliphatic hydroxyl groups excluding tert-OH is 1. The highest BCUT2D eigenvalue weighted by molar-refractivity contribution is 6.71. The smallest absolute Gasteiger partial charge is 0.304 e. The molecule has 37 heavy (non-hydrogen) atoms. The molecule has 0 bridgehead atoms. The van der Waals surface area contributed by atoms with Gasteiger partial charge in [0, 0.05) is 49.7 Å². The lowest BCUT2D eigenvalue weighted by molar-refractivity contribution is -0.153. The molecule has 2 N–H and O–H groups in total. The standard InChI is InChI=1S/C26H38N2O8Si/c1-15-25(34-3)19-11-17(28-23(32)13-24(28)35-16(2)30)8-9-20(19)36-26(15)21(37(4,5)33)12-22(31)27-10-6-7-18(27)14-29/h8-9,11,15,18,21,24-26,29,33H,6-7,10,12-14H2,1-5H3/t15-,18+,21?,24?,25-,26-/m1/s1. The Morgan fingerprint density at radius 3 is 2.62 bits per heavy atom. The number of hydrogen-bond acceptors (Lipinski definition) is 8. The number of carbonyl (C=O) groups excluding carboxylic acids is 3. The summed E-state index contributed by atoms with van der Waals surface area (Å²) in [5, 5.41) is 9.68. The Morgan fingerprint density at radius 2 is 2.03 bits per heavy atom. The maximum Gasteiger partial charge on any atom is 0.304 e. The van der Waals surface area contributed by atoms with Crippen molar-refractivity contribution in [1.82, 2.24) is 4.90 Å². The molecule has 0 saturated carbocycles. The third kappa shape index (κ3) is 5.40. The van der Waals surface area contributed by atoms with Gasteiger partial charge in [0.25, 0.3) is 0 Å². The van der Waals surface area contributed by atoms with Crippen LogP contribution in [0.25, 0.3) is 0 Å². The van der Waals surface area contributed by atoms with Crippen LogP contribution < -0.4 is 9.64 Å². The van der Waals surface area contributed by atoms with Gasteiger partial charge >= 0.3 is 5.97 Å². The minimum Gasteiger partial charge on any atom is -0.490 e. The molecule has 1 aromatic carbocycles. The Hall–Kier alpha value is -2.47. The summed E-state index contributed by atoms with van der Waals surface area (Å²) < 4.78 is 17.6. The molecule has 2 amide bonds. The second kappa shape index (κ2) is 10.7. The predicted molar refractivity (Wildman–Crippen MR) is 137 cm³/mol. The number of rotatable bonds is 8. The number of esters is 1. The van der Waals surface area contributed by atoms with Crippen LogP contribution in [0, 0.1) is 5.92 Å². The number of fused-ring (bicyclic) bond motifs is 1. The van der Waals surface area contributed by atoms with Crippen molar-refractivity contribution in [2.75, 3.05) is 25.2 Å². The molecule has 2 fully saturated rings. The molecule has 204 valence electrons. The largest absolute Gasteiger partial charge is 0.490 e. The number of anilines is 1.